The Labute approximate surface area is 77.7 Å². The molecular formula is C7H8BrNOS. The van der Waals surface area contributed by atoms with Crippen molar-refractivity contribution in [3.63, 3.8) is 0 Å². The Kier molecular flexibility index (Phi) is 3.59. The molecule has 1 aromatic heterocycles. The van der Waals surface area contributed by atoms with Crippen LogP contribution in [-0.4, -0.2) is 17.8 Å². The molecule has 0 saturated heterocycles. The van der Waals surface area contributed by atoms with E-state index in [1.807, 2.05) is 17.5 Å². The van der Waals surface area contributed by atoms with Crippen LogP contribution >= 0.6 is 27.3 Å². The van der Waals surface area contributed by atoms with Gasteiger partial charge in [-0.2, -0.15) is 0 Å². The summed E-state index contributed by atoms with van der Waals surface area (Å²) in [5.41, 5.74) is 0. The summed E-state index contributed by atoms with van der Waals surface area (Å²) in [6.45, 7) is 0.677. The van der Waals surface area contributed by atoms with Crippen molar-refractivity contribution in [3.8, 4) is 0 Å². The van der Waals surface area contributed by atoms with Crippen molar-refractivity contribution in [1.29, 1.82) is 0 Å². The topological polar surface area (TPSA) is 29.1 Å². The lowest BCUT2D eigenvalue weighted by Crippen LogP contribution is -2.24. The standard InChI is InChI=1S/C7H8BrNOS/c8-3-4-9-7(10)6-2-1-5-11-6/h1-2,5H,3-4H2,(H,9,10). The fraction of sp³-hybridized carbons (Fsp3) is 0.286. The predicted octanol–water partition coefficient (Wildman–Crippen LogP) is 1.87. The lowest BCUT2D eigenvalue weighted by atomic mass is 10.4. The number of amides is 1. The number of hydrogen-bond donors (Lipinski definition) is 1. The first-order valence-corrected chi connectivity index (χ1v) is 5.22. The first-order chi connectivity index (χ1) is 5.34. The zero-order chi connectivity index (χ0) is 8.10. The zero-order valence-electron chi connectivity index (χ0n) is 5.84. The first-order valence-electron chi connectivity index (χ1n) is 3.22. The van der Waals surface area contributed by atoms with Crippen LogP contribution in [0.3, 0.4) is 0 Å². The average Bonchev–Trinajstić information content (AvgIpc) is 2.52. The maximum absolute atomic E-state index is 11.1. The van der Waals surface area contributed by atoms with Crippen LogP contribution in [0.1, 0.15) is 9.67 Å². The Morgan fingerprint density at radius 2 is 2.55 bits per heavy atom. The van der Waals surface area contributed by atoms with Gasteiger partial charge in [0.1, 0.15) is 0 Å². The number of rotatable bonds is 3. The van der Waals surface area contributed by atoms with E-state index in [0.29, 0.717) is 6.54 Å². The molecule has 0 aliphatic rings. The van der Waals surface area contributed by atoms with Gasteiger partial charge in [-0.1, -0.05) is 22.0 Å². The van der Waals surface area contributed by atoms with E-state index >= 15 is 0 Å². The zero-order valence-corrected chi connectivity index (χ0v) is 8.24. The van der Waals surface area contributed by atoms with Gasteiger partial charge in [0.25, 0.3) is 5.91 Å². The smallest absolute Gasteiger partial charge is 0.261 e. The number of halogens is 1. The van der Waals surface area contributed by atoms with E-state index in [1.54, 1.807) is 0 Å². The minimum absolute atomic E-state index is 0.0134. The summed E-state index contributed by atoms with van der Waals surface area (Å²) in [7, 11) is 0. The highest BCUT2D eigenvalue weighted by molar-refractivity contribution is 9.09. The van der Waals surface area contributed by atoms with Gasteiger partial charge < -0.3 is 5.32 Å². The molecule has 1 aromatic rings. The highest BCUT2D eigenvalue weighted by atomic mass is 79.9. The highest BCUT2D eigenvalue weighted by Crippen LogP contribution is 2.07. The van der Waals surface area contributed by atoms with Crippen molar-refractivity contribution >= 4 is 33.2 Å². The number of carbonyl (C=O) groups excluding carboxylic acids is 1. The molecule has 0 radical (unpaired) electrons. The van der Waals surface area contributed by atoms with Crippen LogP contribution in [0.4, 0.5) is 0 Å². The molecule has 0 aliphatic carbocycles. The minimum atomic E-state index is 0.0134. The third-order valence-electron chi connectivity index (χ3n) is 1.13. The van der Waals surface area contributed by atoms with E-state index in [4.69, 9.17) is 0 Å². The quantitative estimate of drug-likeness (QED) is 0.795. The Hall–Kier alpha value is -0.350. The monoisotopic (exact) mass is 233 g/mol. The second-order valence-electron chi connectivity index (χ2n) is 1.92. The summed E-state index contributed by atoms with van der Waals surface area (Å²) >= 11 is 4.68. The van der Waals surface area contributed by atoms with E-state index in [2.05, 4.69) is 21.2 Å². The Morgan fingerprint density at radius 1 is 1.73 bits per heavy atom. The molecule has 11 heavy (non-hydrogen) atoms. The first kappa shape index (κ1) is 8.74. The van der Waals surface area contributed by atoms with Gasteiger partial charge in [-0.15, -0.1) is 11.3 Å². The molecule has 0 atom stereocenters. The van der Waals surface area contributed by atoms with Gasteiger partial charge in [0, 0.05) is 11.9 Å². The number of nitrogens with one attached hydrogen (secondary N) is 1. The summed E-state index contributed by atoms with van der Waals surface area (Å²) in [5.74, 6) is 0.0134. The van der Waals surface area contributed by atoms with Crippen LogP contribution in [0.25, 0.3) is 0 Å². The average molecular weight is 234 g/mol. The van der Waals surface area contributed by atoms with Crippen LogP contribution in [0.2, 0.25) is 0 Å². The number of alkyl halides is 1. The third-order valence-corrected chi connectivity index (χ3v) is 2.39. The fourth-order valence-electron chi connectivity index (χ4n) is 0.656. The van der Waals surface area contributed by atoms with Gasteiger partial charge in [0.15, 0.2) is 0 Å². The van der Waals surface area contributed by atoms with Gasteiger partial charge in [-0.25, -0.2) is 0 Å². The van der Waals surface area contributed by atoms with Gasteiger partial charge in [0.05, 0.1) is 4.88 Å². The van der Waals surface area contributed by atoms with Gasteiger partial charge >= 0.3 is 0 Å². The van der Waals surface area contributed by atoms with E-state index in [-0.39, 0.29) is 5.91 Å². The molecule has 60 valence electrons. The van der Waals surface area contributed by atoms with E-state index in [9.17, 15) is 4.79 Å². The van der Waals surface area contributed by atoms with Crippen molar-refractivity contribution < 1.29 is 4.79 Å². The molecule has 0 saturated carbocycles. The molecular weight excluding hydrogens is 226 g/mol. The molecule has 1 N–H and O–H groups in total. The van der Waals surface area contributed by atoms with Crippen LogP contribution in [0.15, 0.2) is 17.5 Å². The number of hydrogen-bond acceptors (Lipinski definition) is 2. The summed E-state index contributed by atoms with van der Waals surface area (Å²) in [6.07, 6.45) is 0. The van der Waals surface area contributed by atoms with Crippen LogP contribution in [-0.2, 0) is 0 Å². The lowest BCUT2D eigenvalue weighted by Gasteiger charge is -1.98. The molecule has 4 heteroatoms. The van der Waals surface area contributed by atoms with Crippen molar-refractivity contribution in [2.45, 2.75) is 0 Å². The molecule has 0 spiro atoms. The van der Waals surface area contributed by atoms with Gasteiger partial charge in [0.2, 0.25) is 0 Å². The summed E-state index contributed by atoms with van der Waals surface area (Å²) in [4.78, 5) is 11.9. The van der Waals surface area contributed by atoms with Gasteiger partial charge in [-0.3, -0.25) is 4.79 Å². The minimum Gasteiger partial charge on any atom is -0.351 e. The van der Waals surface area contributed by atoms with Crippen LogP contribution in [0, 0.1) is 0 Å². The predicted molar refractivity (Wildman–Crippen MR) is 50.4 cm³/mol. The molecule has 0 aliphatic heterocycles. The lowest BCUT2D eigenvalue weighted by molar-refractivity contribution is 0.0960. The SMILES string of the molecule is O=C(NCCBr)c1cccs1. The van der Waals surface area contributed by atoms with E-state index in [0.717, 1.165) is 10.2 Å². The number of thiophene rings is 1. The molecule has 0 fully saturated rings. The Morgan fingerprint density at radius 3 is 3.09 bits per heavy atom. The van der Waals surface area contributed by atoms with E-state index < -0.39 is 0 Å². The molecule has 0 aromatic carbocycles. The van der Waals surface area contributed by atoms with Crippen molar-refractivity contribution in [1.82, 2.24) is 5.32 Å². The fourth-order valence-corrected chi connectivity index (χ4v) is 1.49. The van der Waals surface area contributed by atoms with Crippen molar-refractivity contribution in [2.75, 3.05) is 11.9 Å². The summed E-state index contributed by atoms with van der Waals surface area (Å²) in [5, 5.41) is 5.45. The molecule has 1 amide bonds. The number of carbonyl (C=O) groups is 1. The third kappa shape index (κ3) is 2.63. The Bertz CT molecular complexity index is 222. The van der Waals surface area contributed by atoms with Crippen LogP contribution in [0.5, 0.6) is 0 Å². The molecule has 2 nitrogen and oxygen atoms in total. The second-order valence-corrected chi connectivity index (χ2v) is 3.66. The maximum atomic E-state index is 11.1. The molecule has 1 rings (SSSR count). The normalized spacial score (nSPS) is 9.55. The molecule has 1 heterocycles. The van der Waals surface area contributed by atoms with Crippen LogP contribution < -0.4 is 5.32 Å². The second kappa shape index (κ2) is 4.51. The molecule has 0 unspecified atom stereocenters. The van der Waals surface area contributed by atoms with Crippen molar-refractivity contribution in [3.05, 3.63) is 22.4 Å². The highest BCUT2D eigenvalue weighted by Gasteiger charge is 2.03. The maximum Gasteiger partial charge on any atom is 0.261 e. The Balaban J connectivity index is 2.43. The largest absolute Gasteiger partial charge is 0.351 e. The van der Waals surface area contributed by atoms with Gasteiger partial charge in [-0.05, 0) is 11.4 Å². The summed E-state index contributed by atoms with van der Waals surface area (Å²) < 4.78 is 0. The van der Waals surface area contributed by atoms with Crippen molar-refractivity contribution in [2.24, 2.45) is 0 Å². The van der Waals surface area contributed by atoms with E-state index in [1.165, 1.54) is 11.3 Å². The summed E-state index contributed by atoms with van der Waals surface area (Å²) in [6, 6.07) is 3.68. The molecule has 0 bridgehead atoms.